The second-order valence-corrected chi connectivity index (χ2v) is 7.44. The monoisotopic (exact) mass is 367 g/mol. The molecule has 0 saturated carbocycles. The topological polar surface area (TPSA) is 88.2 Å². The third kappa shape index (κ3) is 4.67. The molecule has 7 heteroatoms. The van der Waals surface area contributed by atoms with Crippen LogP contribution in [0.15, 0.2) is 66.9 Å². The third-order valence-electron chi connectivity index (χ3n) is 3.53. The molecular weight excluding hydrogens is 350 g/mol. The van der Waals surface area contributed by atoms with Gasteiger partial charge < -0.3 is 5.32 Å². The quantitative estimate of drug-likeness (QED) is 0.678. The summed E-state index contributed by atoms with van der Waals surface area (Å²) in [5, 5.41) is 3.73. The number of sulfonamides is 1. The fourth-order valence-electron chi connectivity index (χ4n) is 2.45. The molecule has 26 heavy (non-hydrogen) atoms. The number of nitrogens with one attached hydrogen (secondary N) is 2. The molecular formula is C19H17N3O3S. The number of para-hydroxylation sites is 1. The maximum absolute atomic E-state index is 12.1. The van der Waals surface area contributed by atoms with Gasteiger partial charge in [0, 0.05) is 34.6 Å². The summed E-state index contributed by atoms with van der Waals surface area (Å²) < 4.78 is 24.7. The summed E-state index contributed by atoms with van der Waals surface area (Å²) in [5.41, 5.74) is 2.68. The molecule has 0 unspecified atom stereocenters. The second kappa shape index (κ2) is 7.37. The van der Waals surface area contributed by atoms with E-state index in [4.69, 9.17) is 0 Å². The number of hydrogen-bond acceptors (Lipinski definition) is 4. The molecule has 2 N–H and O–H groups in total. The molecule has 0 aliphatic rings. The van der Waals surface area contributed by atoms with Gasteiger partial charge in [0.25, 0.3) is 0 Å². The van der Waals surface area contributed by atoms with Crippen molar-refractivity contribution in [2.24, 2.45) is 0 Å². The Hall–Kier alpha value is -3.19. The lowest BCUT2D eigenvalue weighted by atomic mass is 10.1. The van der Waals surface area contributed by atoms with Gasteiger partial charge in [0.05, 0.1) is 11.8 Å². The van der Waals surface area contributed by atoms with Crippen LogP contribution < -0.4 is 10.0 Å². The smallest absolute Gasteiger partial charge is 0.248 e. The first-order valence-electron chi connectivity index (χ1n) is 7.81. The normalized spacial score (nSPS) is 11.6. The number of amides is 1. The van der Waals surface area contributed by atoms with Crippen LogP contribution in [0.3, 0.4) is 0 Å². The van der Waals surface area contributed by atoms with Crippen molar-refractivity contribution in [1.29, 1.82) is 0 Å². The van der Waals surface area contributed by atoms with Gasteiger partial charge in [-0.1, -0.05) is 24.3 Å². The van der Waals surface area contributed by atoms with Crippen molar-refractivity contribution < 1.29 is 13.2 Å². The fourth-order valence-corrected chi connectivity index (χ4v) is 3.01. The van der Waals surface area contributed by atoms with E-state index in [1.54, 1.807) is 36.5 Å². The van der Waals surface area contributed by atoms with Crippen LogP contribution in [0.1, 0.15) is 5.56 Å². The number of pyridine rings is 1. The van der Waals surface area contributed by atoms with E-state index >= 15 is 0 Å². The highest BCUT2D eigenvalue weighted by Crippen LogP contribution is 2.18. The van der Waals surface area contributed by atoms with E-state index in [-0.39, 0.29) is 5.91 Å². The van der Waals surface area contributed by atoms with Gasteiger partial charge >= 0.3 is 0 Å². The van der Waals surface area contributed by atoms with Gasteiger partial charge in [-0.25, -0.2) is 8.42 Å². The molecule has 0 bridgehead atoms. The number of aromatic nitrogens is 1. The summed E-state index contributed by atoms with van der Waals surface area (Å²) in [7, 11) is -3.32. The van der Waals surface area contributed by atoms with E-state index in [2.05, 4.69) is 15.0 Å². The SMILES string of the molecule is CS(=O)(=O)Nc1ccc(NC(=O)/C=C/c2cccc3cccnc23)cc1. The van der Waals surface area contributed by atoms with Crippen LogP contribution >= 0.6 is 0 Å². The Labute approximate surface area is 151 Å². The number of anilines is 2. The Bertz CT molecular complexity index is 1070. The molecule has 0 spiro atoms. The van der Waals surface area contributed by atoms with Crippen LogP contribution in [-0.4, -0.2) is 25.6 Å². The number of fused-ring (bicyclic) bond motifs is 1. The standard InChI is InChI=1S/C19H17N3O3S/c1-26(24,25)22-17-10-8-16(9-11-17)21-18(23)12-7-15-5-2-4-14-6-3-13-20-19(14)15/h2-13,22H,1H3,(H,21,23)/b12-7+. The van der Waals surface area contributed by atoms with Crippen molar-refractivity contribution in [2.75, 3.05) is 16.3 Å². The van der Waals surface area contributed by atoms with Gasteiger partial charge in [0.2, 0.25) is 15.9 Å². The van der Waals surface area contributed by atoms with Crippen molar-refractivity contribution in [1.82, 2.24) is 4.98 Å². The van der Waals surface area contributed by atoms with Crippen molar-refractivity contribution >= 4 is 44.3 Å². The number of carbonyl (C=O) groups excluding carboxylic acids is 1. The van der Waals surface area contributed by atoms with Crippen molar-refractivity contribution in [2.45, 2.75) is 0 Å². The first-order chi connectivity index (χ1) is 12.4. The predicted octanol–water partition coefficient (Wildman–Crippen LogP) is 3.26. The maximum atomic E-state index is 12.1. The minimum Gasteiger partial charge on any atom is -0.323 e. The molecule has 1 heterocycles. The third-order valence-corrected chi connectivity index (χ3v) is 4.14. The summed E-state index contributed by atoms with van der Waals surface area (Å²) in [4.78, 5) is 16.4. The summed E-state index contributed by atoms with van der Waals surface area (Å²) in [6.45, 7) is 0. The Morgan fingerprint density at radius 3 is 2.42 bits per heavy atom. The van der Waals surface area contributed by atoms with Crippen molar-refractivity contribution in [3.63, 3.8) is 0 Å². The molecule has 0 aliphatic heterocycles. The predicted molar refractivity (Wildman–Crippen MR) is 104 cm³/mol. The lowest BCUT2D eigenvalue weighted by molar-refractivity contribution is -0.111. The molecule has 0 atom stereocenters. The molecule has 1 aromatic heterocycles. The highest BCUT2D eigenvalue weighted by Gasteiger charge is 2.03. The average Bonchev–Trinajstić information content (AvgIpc) is 2.60. The highest BCUT2D eigenvalue weighted by molar-refractivity contribution is 7.92. The van der Waals surface area contributed by atoms with Crippen LogP contribution in [0.2, 0.25) is 0 Å². The molecule has 0 radical (unpaired) electrons. The highest BCUT2D eigenvalue weighted by atomic mass is 32.2. The van der Waals surface area contributed by atoms with E-state index in [0.29, 0.717) is 11.4 Å². The van der Waals surface area contributed by atoms with Crippen LogP contribution in [0, 0.1) is 0 Å². The molecule has 1 amide bonds. The van der Waals surface area contributed by atoms with Crippen molar-refractivity contribution in [3.05, 3.63) is 72.4 Å². The zero-order valence-corrected chi connectivity index (χ0v) is 14.8. The van der Waals surface area contributed by atoms with Crippen LogP contribution in [0.4, 0.5) is 11.4 Å². The number of nitrogens with zero attached hydrogens (tertiary/aromatic N) is 1. The second-order valence-electron chi connectivity index (χ2n) is 5.70. The number of benzene rings is 2. The lowest BCUT2D eigenvalue weighted by Gasteiger charge is -2.06. The zero-order chi connectivity index (χ0) is 18.6. The minimum atomic E-state index is -3.32. The Morgan fingerprint density at radius 1 is 1.00 bits per heavy atom. The van der Waals surface area contributed by atoms with E-state index < -0.39 is 10.0 Å². The first kappa shape index (κ1) is 17.6. The Kier molecular flexibility index (Phi) is 4.99. The zero-order valence-electron chi connectivity index (χ0n) is 14.0. The molecule has 6 nitrogen and oxygen atoms in total. The first-order valence-corrected chi connectivity index (χ1v) is 9.70. The molecule has 0 fully saturated rings. The lowest BCUT2D eigenvalue weighted by Crippen LogP contribution is -2.10. The van der Waals surface area contributed by atoms with Gasteiger partial charge in [0.1, 0.15) is 0 Å². The largest absolute Gasteiger partial charge is 0.323 e. The van der Waals surface area contributed by atoms with E-state index in [1.165, 1.54) is 6.08 Å². The van der Waals surface area contributed by atoms with E-state index in [0.717, 1.165) is 22.7 Å². The number of rotatable bonds is 5. The average molecular weight is 367 g/mol. The van der Waals surface area contributed by atoms with Gasteiger partial charge in [-0.05, 0) is 36.4 Å². The maximum Gasteiger partial charge on any atom is 0.248 e. The minimum absolute atomic E-state index is 0.290. The summed E-state index contributed by atoms with van der Waals surface area (Å²) in [6.07, 6.45) is 5.94. The Morgan fingerprint density at radius 2 is 1.69 bits per heavy atom. The molecule has 2 aromatic carbocycles. The molecule has 0 saturated heterocycles. The van der Waals surface area contributed by atoms with Crippen LogP contribution in [-0.2, 0) is 14.8 Å². The van der Waals surface area contributed by atoms with Gasteiger partial charge in [0.15, 0.2) is 0 Å². The van der Waals surface area contributed by atoms with Gasteiger partial charge in [-0.3, -0.25) is 14.5 Å². The number of hydrogen-bond donors (Lipinski definition) is 2. The fraction of sp³-hybridized carbons (Fsp3) is 0.0526. The van der Waals surface area contributed by atoms with Gasteiger partial charge in [-0.2, -0.15) is 0 Å². The molecule has 3 aromatic rings. The molecule has 3 rings (SSSR count). The van der Waals surface area contributed by atoms with Gasteiger partial charge in [-0.15, -0.1) is 0 Å². The molecule has 0 aliphatic carbocycles. The molecule has 132 valence electrons. The summed E-state index contributed by atoms with van der Waals surface area (Å²) in [6, 6.07) is 16.0. The van der Waals surface area contributed by atoms with E-state index in [9.17, 15) is 13.2 Å². The summed E-state index contributed by atoms with van der Waals surface area (Å²) >= 11 is 0. The van der Waals surface area contributed by atoms with E-state index in [1.807, 2.05) is 30.3 Å². The Balaban J connectivity index is 1.69. The van der Waals surface area contributed by atoms with Crippen LogP contribution in [0.25, 0.3) is 17.0 Å². The summed E-state index contributed by atoms with van der Waals surface area (Å²) in [5.74, 6) is -0.290. The number of carbonyl (C=O) groups is 1. The van der Waals surface area contributed by atoms with Crippen molar-refractivity contribution in [3.8, 4) is 0 Å². The van der Waals surface area contributed by atoms with Crippen LogP contribution in [0.5, 0.6) is 0 Å².